The molecular formula is C18H13F2N3O2. The maximum absolute atomic E-state index is 13.6. The van der Waals surface area contributed by atoms with Gasteiger partial charge in [0.25, 0.3) is 11.8 Å². The Kier molecular flexibility index (Phi) is 4.56. The Morgan fingerprint density at radius 3 is 2.04 bits per heavy atom. The van der Waals surface area contributed by atoms with Crippen LogP contribution in [0.4, 0.5) is 8.78 Å². The molecule has 0 aliphatic rings. The molecule has 5 nitrogen and oxygen atoms in total. The van der Waals surface area contributed by atoms with Crippen LogP contribution in [0.1, 0.15) is 20.7 Å². The molecule has 2 N–H and O–H groups in total. The lowest BCUT2D eigenvalue weighted by Gasteiger charge is -2.12. The molecule has 0 spiro atoms. The van der Waals surface area contributed by atoms with Crippen LogP contribution in [0.25, 0.3) is 5.69 Å². The van der Waals surface area contributed by atoms with Crippen molar-refractivity contribution in [3.8, 4) is 5.69 Å². The van der Waals surface area contributed by atoms with E-state index in [1.165, 1.54) is 0 Å². The average molecular weight is 341 g/mol. The zero-order valence-corrected chi connectivity index (χ0v) is 12.9. The van der Waals surface area contributed by atoms with Gasteiger partial charge >= 0.3 is 0 Å². The van der Waals surface area contributed by atoms with Crippen molar-refractivity contribution in [3.63, 3.8) is 0 Å². The third-order valence-corrected chi connectivity index (χ3v) is 3.51. The van der Waals surface area contributed by atoms with Crippen LogP contribution < -0.4 is 10.9 Å². The van der Waals surface area contributed by atoms with Gasteiger partial charge in [-0.25, -0.2) is 8.78 Å². The monoisotopic (exact) mass is 341 g/mol. The van der Waals surface area contributed by atoms with Crippen LogP contribution in [0.2, 0.25) is 0 Å². The van der Waals surface area contributed by atoms with Crippen molar-refractivity contribution in [2.45, 2.75) is 0 Å². The molecule has 2 aromatic carbocycles. The Morgan fingerprint density at radius 2 is 1.36 bits per heavy atom. The molecule has 0 unspecified atom stereocenters. The maximum atomic E-state index is 13.6. The molecule has 0 atom stereocenters. The van der Waals surface area contributed by atoms with Crippen LogP contribution in [0.3, 0.4) is 0 Å². The van der Waals surface area contributed by atoms with Crippen LogP contribution in [-0.2, 0) is 0 Å². The summed E-state index contributed by atoms with van der Waals surface area (Å²) in [5, 5.41) is 0. The van der Waals surface area contributed by atoms with Gasteiger partial charge in [-0.05, 0) is 36.4 Å². The summed E-state index contributed by atoms with van der Waals surface area (Å²) in [4.78, 5) is 24.3. The number of amides is 2. The number of nitrogens with one attached hydrogen (secondary N) is 2. The van der Waals surface area contributed by atoms with E-state index in [9.17, 15) is 18.4 Å². The topological polar surface area (TPSA) is 63.1 Å². The molecule has 0 aliphatic carbocycles. The minimum absolute atomic E-state index is 0.285. The Hall–Kier alpha value is -3.48. The summed E-state index contributed by atoms with van der Waals surface area (Å²) in [6, 6.07) is 13.4. The number of rotatable bonds is 3. The minimum Gasteiger partial charge on any atom is -0.323 e. The molecule has 0 bridgehead atoms. The van der Waals surface area contributed by atoms with E-state index in [0.717, 1.165) is 18.2 Å². The van der Waals surface area contributed by atoms with Crippen molar-refractivity contribution in [1.82, 2.24) is 15.4 Å². The van der Waals surface area contributed by atoms with Crippen LogP contribution in [0.15, 0.2) is 67.0 Å². The van der Waals surface area contributed by atoms with Crippen LogP contribution in [0, 0.1) is 11.6 Å². The summed E-state index contributed by atoms with van der Waals surface area (Å²) in [7, 11) is 0. The van der Waals surface area contributed by atoms with Crippen molar-refractivity contribution in [2.75, 3.05) is 0 Å². The molecule has 0 aliphatic heterocycles. The van der Waals surface area contributed by atoms with E-state index in [-0.39, 0.29) is 5.56 Å². The number of carbonyl (C=O) groups is 2. The van der Waals surface area contributed by atoms with E-state index in [1.807, 2.05) is 5.43 Å². The van der Waals surface area contributed by atoms with Gasteiger partial charge in [0.15, 0.2) is 0 Å². The van der Waals surface area contributed by atoms with Gasteiger partial charge in [0.05, 0.1) is 11.3 Å². The number of halogens is 2. The lowest BCUT2D eigenvalue weighted by molar-refractivity contribution is 0.0841. The highest BCUT2D eigenvalue weighted by Gasteiger charge is 2.18. The number of benzene rings is 2. The summed E-state index contributed by atoms with van der Waals surface area (Å²) in [5.41, 5.74) is 4.31. The molecule has 0 fully saturated rings. The number of aromatic nitrogens is 1. The van der Waals surface area contributed by atoms with Gasteiger partial charge < -0.3 is 4.57 Å². The first-order valence-corrected chi connectivity index (χ1v) is 7.35. The number of hydrazine groups is 1. The van der Waals surface area contributed by atoms with Gasteiger partial charge in [0, 0.05) is 12.4 Å². The summed E-state index contributed by atoms with van der Waals surface area (Å²) in [6.07, 6.45) is 3.53. The lowest BCUT2D eigenvalue weighted by atomic mass is 10.1. The predicted octanol–water partition coefficient (Wildman–Crippen LogP) is 2.83. The average Bonchev–Trinajstić information content (AvgIpc) is 3.14. The lowest BCUT2D eigenvalue weighted by Crippen LogP contribution is -2.42. The molecule has 2 amide bonds. The molecule has 1 aromatic heterocycles. The fourth-order valence-corrected chi connectivity index (χ4v) is 2.34. The fourth-order valence-electron chi connectivity index (χ4n) is 2.34. The molecule has 1 heterocycles. The molecule has 0 saturated heterocycles. The molecular weight excluding hydrogens is 328 g/mol. The van der Waals surface area contributed by atoms with E-state index in [4.69, 9.17) is 0 Å². The highest BCUT2D eigenvalue weighted by atomic mass is 19.1. The first-order valence-electron chi connectivity index (χ1n) is 7.35. The third kappa shape index (κ3) is 3.40. The van der Waals surface area contributed by atoms with Gasteiger partial charge in [-0.3, -0.25) is 20.4 Å². The standard InChI is InChI=1S/C18H13F2N3O2/c19-13-7-5-8-14(20)16(13)18(25)22-21-17(24)12-6-1-2-9-15(12)23-10-3-4-11-23/h1-11H,(H,21,24)(H,22,25). The molecule has 7 heteroatoms. The molecule has 25 heavy (non-hydrogen) atoms. The number of nitrogens with zero attached hydrogens (tertiary/aromatic N) is 1. The third-order valence-electron chi connectivity index (χ3n) is 3.51. The number of carbonyl (C=O) groups excluding carboxylic acids is 2. The van der Waals surface area contributed by atoms with Gasteiger partial charge in [-0.2, -0.15) is 0 Å². The highest BCUT2D eigenvalue weighted by Crippen LogP contribution is 2.15. The largest absolute Gasteiger partial charge is 0.323 e. The molecule has 3 rings (SSSR count). The van der Waals surface area contributed by atoms with Crippen LogP contribution in [-0.4, -0.2) is 16.4 Å². The SMILES string of the molecule is O=C(NNC(=O)c1c(F)cccc1F)c1ccccc1-n1cccc1. The van der Waals surface area contributed by atoms with Crippen LogP contribution in [0.5, 0.6) is 0 Å². The zero-order chi connectivity index (χ0) is 17.8. The summed E-state index contributed by atoms with van der Waals surface area (Å²) in [5.74, 6) is -3.73. The summed E-state index contributed by atoms with van der Waals surface area (Å²) >= 11 is 0. The van der Waals surface area contributed by atoms with E-state index in [0.29, 0.717) is 5.69 Å². The van der Waals surface area contributed by atoms with Gasteiger partial charge in [0.2, 0.25) is 0 Å². The second-order valence-electron chi connectivity index (χ2n) is 5.11. The summed E-state index contributed by atoms with van der Waals surface area (Å²) in [6.45, 7) is 0. The van der Waals surface area contributed by atoms with E-state index in [1.54, 1.807) is 53.4 Å². The molecule has 126 valence electrons. The second-order valence-corrected chi connectivity index (χ2v) is 5.11. The Labute approximate surface area is 141 Å². The highest BCUT2D eigenvalue weighted by molar-refractivity contribution is 6.01. The minimum atomic E-state index is -1.08. The first-order chi connectivity index (χ1) is 12.1. The fraction of sp³-hybridized carbons (Fsp3) is 0. The number of hydrogen-bond acceptors (Lipinski definition) is 2. The van der Waals surface area contributed by atoms with Crippen LogP contribution >= 0.6 is 0 Å². The predicted molar refractivity (Wildman–Crippen MR) is 87.1 cm³/mol. The Balaban J connectivity index is 1.77. The van der Waals surface area contributed by atoms with E-state index in [2.05, 4.69) is 5.43 Å². The zero-order valence-electron chi connectivity index (χ0n) is 12.9. The van der Waals surface area contributed by atoms with Crippen molar-refractivity contribution in [2.24, 2.45) is 0 Å². The number of para-hydroxylation sites is 1. The van der Waals surface area contributed by atoms with Crippen molar-refractivity contribution >= 4 is 11.8 Å². The smallest absolute Gasteiger partial charge is 0.275 e. The normalized spacial score (nSPS) is 10.3. The second kappa shape index (κ2) is 6.96. The van der Waals surface area contributed by atoms with Crippen molar-refractivity contribution < 1.29 is 18.4 Å². The quantitative estimate of drug-likeness (QED) is 0.720. The van der Waals surface area contributed by atoms with Gasteiger partial charge in [-0.1, -0.05) is 18.2 Å². The molecule has 3 aromatic rings. The van der Waals surface area contributed by atoms with Gasteiger partial charge in [0.1, 0.15) is 17.2 Å². The van der Waals surface area contributed by atoms with Crippen molar-refractivity contribution in [1.29, 1.82) is 0 Å². The van der Waals surface area contributed by atoms with Crippen molar-refractivity contribution in [3.05, 3.63) is 89.8 Å². The maximum Gasteiger partial charge on any atom is 0.275 e. The molecule has 0 saturated carbocycles. The molecule has 0 radical (unpaired) electrons. The number of hydrogen-bond donors (Lipinski definition) is 2. The van der Waals surface area contributed by atoms with E-state index < -0.39 is 29.0 Å². The van der Waals surface area contributed by atoms with E-state index >= 15 is 0 Å². The summed E-state index contributed by atoms with van der Waals surface area (Å²) < 4.78 is 28.9. The Bertz CT molecular complexity index is 904. The first kappa shape index (κ1) is 16.4. The Morgan fingerprint density at radius 1 is 0.760 bits per heavy atom. The van der Waals surface area contributed by atoms with Gasteiger partial charge in [-0.15, -0.1) is 0 Å².